The SMILES string of the molecule is C.CC(C)(C)C.CC(C)C(=O)On1cnc2ccccc2c1=O. The number of carbonyl (C=O) groups is 1. The van der Waals surface area contributed by atoms with Gasteiger partial charge in [0.25, 0.3) is 5.56 Å². The fourth-order valence-electron chi connectivity index (χ4n) is 1.32. The summed E-state index contributed by atoms with van der Waals surface area (Å²) in [7, 11) is 0. The highest BCUT2D eigenvalue weighted by molar-refractivity contribution is 5.77. The molecule has 0 aliphatic rings. The smallest absolute Gasteiger partial charge is 0.332 e. The summed E-state index contributed by atoms with van der Waals surface area (Å²) >= 11 is 0. The molecule has 1 aromatic heterocycles. The molecule has 5 nitrogen and oxygen atoms in total. The number of carbonyl (C=O) groups excluding carboxylic acids is 1. The van der Waals surface area contributed by atoms with Gasteiger partial charge in [-0.2, -0.15) is 0 Å². The normalized spacial score (nSPS) is 10.6. The van der Waals surface area contributed by atoms with E-state index in [2.05, 4.69) is 32.7 Å². The Morgan fingerprint density at radius 1 is 1.17 bits per heavy atom. The number of aromatic nitrogens is 2. The Morgan fingerprint density at radius 3 is 2.22 bits per heavy atom. The first-order valence-corrected chi connectivity index (χ1v) is 7.28. The van der Waals surface area contributed by atoms with Gasteiger partial charge in [0.1, 0.15) is 6.33 Å². The van der Waals surface area contributed by atoms with Crippen LogP contribution in [-0.2, 0) is 4.79 Å². The predicted octanol–water partition coefficient (Wildman–Crippen LogP) is 3.70. The Morgan fingerprint density at radius 2 is 1.70 bits per heavy atom. The summed E-state index contributed by atoms with van der Waals surface area (Å²) < 4.78 is 0.866. The number of fused-ring (bicyclic) bond motifs is 1. The Hall–Kier alpha value is -2.17. The third kappa shape index (κ3) is 7.08. The first-order chi connectivity index (χ1) is 10.1. The molecule has 0 fully saturated rings. The lowest BCUT2D eigenvalue weighted by Crippen LogP contribution is -2.33. The van der Waals surface area contributed by atoms with E-state index in [1.54, 1.807) is 38.1 Å². The summed E-state index contributed by atoms with van der Waals surface area (Å²) in [6, 6.07) is 6.90. The minimum Gasteiger partial charge on any atom is -0.332 e. The number of nitrogens with zero attached hydrogens (tertiary/aromatic N) is 2. The third-order valence-electron chi connectivity index (χ3n) is 2.30. The van der Waals surface area contributed by atoms with Crippen molar-refractivity contribution in [3.63, 3.8) is 0 Å². The number of para-hydroxylation sites is 1. The molecule has 0 saturated heterocycles. The van der Waals surface area contributed by atoms with Crippen LogP contribution in [0.25, 0.3) is 10.9 Å². The van der Waals surface area contributed by atoms with E-state index in [1.165, 1.54) is 6.33 Å². The monoisotopic (exact) mass is 320 g/mol. The average Bonchev–Trinajstić information content (AvgIpc) is 2.40. The van der Waals surface area contributed by atoms with Crippen LogP contribution in [0.15, 0.2) is 35.4 Å². The molecule has 23 heavy (non-hydrogen) atoms. The highest BCUT2D eigenvalue weighted by Gasteiger charge is 2.12. The van der Waals surface area contributed by atoms with E-state index < -0.39 is 5.97 Å². The Bertz CT molecular complexity index is 691. The third-order valence-corrected chi connectivity index (χ3v) is 2.30. The van der Waals surface area contributed by atoms with E-state index in [0.29, 0.717) is 16.3 Å². The van der Waals surface area contributed by atoms with Crippen molar-refractivity contribution in [3.05, 3.63) is 40.9 Å². The standard InChI is InChI=1S/C12H12N2O3.C5H12.CH4/c1-8(2)12(16)17-14-7-13-10-6-4-3-5-9(10)11(14)15;1-5(2,3)4;/h3-8H,1-2H3;1-4H3;1H4. The Kier molecular flexibility index (Phi) is 7.66. The van der Waals surface area contributed by atoms with Crippen LogP contribution in [0.3, 0.4) is 0 Å². The fourth-order valence-corrected chi connectivity index (χ4v) is 1.32. The van der Waals surface area contributed by atoms with Gasteiger partial charge in [-0.1, -0.05) is 61.1 Å². The molecule has 0 N–H and O–H groups in total. The van der Waals surface area contributed by atoms with Gasteiger partial charge >= 0.3 is 5.97 Å². The summed E-state index contributed by atoms with van der Waals surface area (Å²) in [4.78, 5) is 32.3. The second-order valence-electron chi connectivity index (χ2n) is 6.96. The van der Waals surface area contributed by atoms with E-state index in [4.69, 9.17) is 4.84 Å². The van der Waals surface area contributed by atoms with Crippen molar-refractivity contribution in [3.8, 4) is 0 Å². The number of hydrogen-bond acceptors (Lipinski definition) is 4. The van der Waals surface area contributed by atoms with Crippen molar-refractivity contribution in [2.75, 3.05) is 0 Å². The Labute approximate surface area is 138 Å². The molecule has 2 rings (SSSR count). The first kappa shape index (κ1) is 20.8. The summed E-state index contributed by atoms with van der Waals surface area (Å²) in [5, 5.41) is 0.423. The van der Waals surface area contributed by atoms with Gasteiger partial charge in [-0.25, -0.2) is 9.78 Å². The number of hydrogen-bond donors (Lipinski definition) is 0. The van der Waals surface area contributed by atoms with Gasteiger partial charge in [0.2, 0.25) is 0 Å². The van der Waals surface area contributed by atoms with Crippen molar-refractivity contribution in [1.29, 1.82) is 0 Å². The molecule has 0 aliphatic heterocycles. The van der Waals surface area contributed by atoms with E-state index in [1.807, 2.05) is 0 Å². The quantitative estimate of drug-likeness (QED) is 0.846. The van der Waals surface area contributed by atoms with Gasteiger partial charge < -0.3 is 4.84 Å². The molecule has 128 valence electrons. The molecular formula is C18H28N2O3. The van der Waals surface area contributed by atoms with Gasteiger partial charge in [-0.05, 0) is 17.5 Å². The molecule has 5 heteroatoms. The molecule has 2 aromatic rings. The number of rotatable bonds is 2. The maximum Gasteiger partial charge on any atom is 0.335 e. The second-order valence-corrected chi connectivity index (χ2v) is 6.96. The fraction of sp³-hybridized carbons (Fsp3) is 0.500. The van der Waals surface area contributed by atoms with Crippen molar-refractivity contribution in [1.82, 2.24) is 9.71 Å². The highest BCUT2D eigenvalue weighted by atomic mass is 16.7. The predicted molar refractivity (Wildman–Crippen MR) is 94.3 cm³/mol. The summed E-state index contributed by atoms with van der Waals surface area (Å²) in [6.45, 7) is 12.1. The zero-order valence-electron chi connectivity index (χ0n) is 14.1. The van der Waals surface area contributed by atoms with Crippen molar-refractivity contribution >= 4 is 16.9 Å². The minimum absolute atomic E-state index is 0. The van der Waals surface area contributed by atoms with Crippen LogP contribution in [0.5, 0.6) is 0 Å². The topological polar surface area (TPSA) is 61.2 Å². The minimum atomic E-state index is -0.468. The molecule has 0 aliphatic carbocycles. The Balaban J connectivity index is 0.000000709. The van der Waals surface area contributed by atoms with E-state index in [0.717, 1.165) is 4.73 Å². The summed E-state index contributed by atoms with van der Waals surface area (Å²) in [5.74, 6) is -0.766. The maximum atomic E-state index is 11.9. The van der Waals surface area contributed by atoms with Crippen LogP contribution in [0.2, 0.25) is 0 Å². The molecule has 1 aromatic carbocycles. The molecule has 0 atom stereocenters. The lowest BCUT2D eigenvalue weighted by molar-refractivity contribution is -0.148. The van der Waals surface area contributed by atoms with Gasteiger partial charge in [-0.3, -0.25) is 4.79 Å². The molecule has 0 amide bonds. The number of benzene rings is 1. The largest absolute Gasteiger partial charge is 0.335 e. The van der Waals surface area contributed by atoms with Gasteiger partial charge in [0, 0.05) is 0 Å². The van der Waals surface area contributed by atoms with E-state index in [-0.39, 0.29) is 18.9 Å². The molecule has 0 saturated carbocycles. The lowest BCUT2D eigenvalue weighted by Gasteiger charge is -2.08. The molecule has 0 spiro atoms. The van der Waals surface area contributed by atoms with E-state index in [9.17, 15) is 9.59 Å². The summed E-state index contributed by atoms with van der Waals surface area (Å²) in [5.41, 5.74) is 0.693. The summed E-state index contributed by atoms with van der Waals surface area (Å²) in [6.07, 6.45) is 1.21. The van der Waals surface area contributed by atoms with Crippen LogP contribution < -0.4 is 10.4 Å². The zero-order valence-corrected chi connectivity index (χ0v) is 14.1. The maximum absolute atomic E-state index is 11.9. The van der Waals surface area contributed by atoms with Crippen LogP contribution >= 0.6 is 0 Å². The van der Waals surface area contributed by atoms with Gasteiger partial charge in [0.05, 0.1) is 16.8 Å². The van der Waals surface area contributed by atoms with Crippen molar-refractivity contribution in [2.24, 2.45) is 11.3 Å². The molecule has 0 unspecified atom stereocenters. The van der Waals surface area contributed by atoms with Crippen molar-refractivity contribution < 1.29 is 9.63 Å². The highest BCUT2D eigenvalue weighted by Crippen LogP contribution is 2.08. The second kappa shape index (κ2) is 8.46. The van der Waals surface area contributed by atoms with E-state index >= 15 is 0 Å². The van der Waals surface area contributed by atoms with Gasteiger partial charge in [-0.15, -0.1) is 4.73 Å². The molecule has 0 bridgehead atoms. The van der Waals surface area contributed by atoms with Crippen molar-refractivity contribution in [2.45, 2.75) is 49.0 Å². The lowest BCUT2D eigenvalue weighted by atomic mass is 10.0. The van der Waals surface area contributed by atoms with Crippen LogP contribution in [-0.4, -0.2) is 15.7 Å². The van der Waals surface area contributed by atoms with Crippen LogP contribution in [0, 0.1) is 11.3 Å². The molecule has 0 radical (unpaired) electrons. The molecular weight excluding hydrogens is 292 g/mol. The zero-order chi connectivity index (χ0) is 16.9. The van der Waals surface area contributed by atoms with Gasteiger partial charge in [0.15, 0.2) is 0 Å². The average molecular weight is 320 g/mol. The van der Waals surface area contributed by atoms with Crippen LogP contribution in [0.4, 0.5) is 0 Å². The van der Waals surface area contributed by atoms with Crippen LogP contribution in [0.1, 0.15) is 49.0 Å². The molecule has 1 heterocycles. The first-order valence-electron chi connectivity index (χ1n) is 7.28.